The van der Waals surface area contributed by atoms with Crippen LogP contribution in [-0.2, 0) is 9.53 Å². The lowest BCUT2D eigenvalue weighted by molar-refractivity contribution is -0.132. The van der Waals surface area contributed by atoms with E-state index in [0.717, 1.165) is 6.54 Å². The van der Waals surface area contributed by atoms with Crippen LogP contribution < -0.4 is 5.32 Å². The van der Waals surface area contributed by atoms with Gasteiger partial charge in [0.15, 0.2) is 0 Å². The molecule has 0 radical (unpaired) electrons. The van der Waals surface area contributed by atoms with E-state index in [2.05, 4.69) is 5.32 Å². The van der Waals surface area contributed by atoms with Gasteiger partial charge in [0.05, 0.1) is 0 Å². The molecule has 0 aromatic heterocycles. The molecule has 0 bridgehead atoms. The Morgan fingerprint density at radius 2 is 2.12 bits per heavy atom. The van der Waals surface area contributed by atoms with Crippen molar-refractivity contribution < 1.29 is 14.3 Å². The first-order valence-corrected chi connectivity index (χ1v) is 6.35. The van der Waals surface area contributed by atoms with Crippen LogP contribution in [0.4, 0.5) is 4.79 Å². The van der Waals surface area contributed by atoms with Gasteiger partial charge >= 0.3 is 6.09 Å². The van der Waals surface area contributed by atoms with Gasteiger partial charge in [-0.15, -0.1) is 0 Å². The Bertz CT molecular complexity index is 300. The summed E-state index contributed by atoms with van der Waals surface area (Å²) in [5.74, 6) is 0.581. The monoisotopic (exact) mass is 240 g/mol. The highest BCUT2D eigenvalue weighted by atomic mass is 16.6. The molecule has 1 saturated carbocycles. The Balaban J connectivity index is 1.80. The van der Waals surface area contributed by atoms with Crippen LogP contribution in [0.1, 0.15) is 32.1 Å². The lowest BCUT2D eigenvalue weighted by atomic mass is 9.89. The largest absolute Gasteiger partial charge is 0.447 e. The molecule has 1 aliphatic carbocycles. The molecule has 1 N–H and O–H groups in total. The predicted molar refractivity (Wildman–Crippen MR) is 62.5 cm³/mol. The minimum atomic E-state index is -0.491. The fourth-order valence-electron chi connectivity index (χ4n) is 2.63. The lowest BCUT2D eigenvalue weighted by Gasteiger charge is -2.28. The van der Waals surface area contributed by atoms with Crippen LogP contribution in [0.3, 0.4) is 0 Å². The molecule has 2 fully saturated rings. The fraction of sp³-hybridized carbons (Fsp3) is 0.833. The highest BCUT2D eigenvalue weighted by Crippen LogP contribution is 2.24. The van der Waals surface area contributed by atoms with E-state index in [9.17, 15) is 9.59 Å². The second-order valence-corrected chi connectivity index (χ2v) is 5.02. The molecule has 5 heteroatoms. The maximum absolute atomic E-state index is 12.0. The van der Waals surface area contributed by atoms with Gasteiger partial charge in [0.2, 0.25) is 5.91 Å². The molecule has 17 heavy (non-hydrogen) atoms. The van der Waals surface area contributed by atoms with Crippen molar-refractivity contribution in [2.24, 2.45) is 5.92 Å². The van der Waals surface area contributed by atoms with Gasteiger partial charge in [0, 0.05) is 13.6 Å². The molecule has 2 rings (SSSR count). The van der Waals surface area contributed by atoms with Crippen LogP contribution in [0, 0.1) is 5.92 Å². The average molecular weight is 240 g/mol. The molecule has 0 spiro atoms. The molecular weight excluding hydrogens is 220 g/mol. The number of ether oxygens (including phenoxy) is 1. The molecule has 5 nitrogen and oxygen atoms in total. The highest BCUT2D eigenvalue weighted by Gasteiger charge is 2.31. The Morgan fingerprint density at radius 3 is 2.71 bits per heavy atom. The van der Waals surface area contributed by atoms with Crippen molar-refractivity contribution in [1.82, 2.24) is 10.2 Å². The maximum Gasteiger partial charge on any atom is 0.407 e. The minimum absolute atomic E-state index is 0.0403. The zero-order valence-corrected chi connectivity index (χ0v) is 10.3. The summed E-state index contributed by atoms with van der Waals surface area (Å²) in [4.78, 5) is 24.6. The third kappa shape index (κ3) is 3.11. The molecule has 1 heterocycles. The molecule has 1 aliphatic heterocycles. The Morgan fingerprint density at radius 1 is 1.41 bits per heavy atom. The second kappa shape index (κ2) is 5.38. The molecule has 2 aliphatic rings. The summed E-state index contributed by atoms with van der Waals surface area (Å²) in [6.45, 7) is 0.956. The second-order valence-electron chi connectivity index (χ2n) is 5.02. The lowest BCUT2D eigenvalue weighted by Crippen LogP contribution is -2.45. The van der Waals surface area contributed by atoms with Crippen LogP contribution in [0.25, 0.3) is 0 Å². The summed E-state index contributed by atoms with van der Waals surface area (Å²) in [6, 6.07) is -0.490. The van der Waals surface area contributed by atoms with E-state index in [-0.39, 0.29) is 12.5 Å². The molecule has 0 aromatic rings. The van der Waals surface area contributed by atoms with Gasteiger partial charge in [-0.2, -0.15) is 0 Å². The average Bonchev–Trinajstić information content (AvgIpc) is 2.76. The van der Waals surface area contributed by atoms with Crippen LogP contribution in [0.5, 0.6) is 0 Å². The molecular formula is C12H20N2O3. The van der Waals surface area contributed by atoms with E-state index < -0.39 is 12.1 Å². The van der Waals surface area contributed by atoms with Gasteiger partial charge in [-0.25, -0.2) is 4.79 Å². The van der Waals surface area contributed by atoms with Crippen LogP contribution in [0.2, 0.25) is 0 Å². The summed E-state index contributed by atoms with van der Waals surface area (Å²) >= 11 is 0. The van der Waals surface area contributed by atoms with Gasteiger partial charge in [0.25, 0.3) is 0 Å². The topological polar surface area (TPSA) is 58.6 Å². The van der Waals surface area contributed by atoms with E-state index in [1.54, 1.807) is 11.9 Å². The summed E-state index contributed by atoms with van der Waals surface area (Å²) in [6.07, 6.45) is 5.80. The molecule has 0 aromatic carbocycles. The third-order valence-electron chi connectivity index (χ3n) is 3.60. The van der Waals surface area contributed by atoms with Gasteiger partial charge in [-0.1, -0.05) is 19.3 Å². The summed E-state index contributed by atoms with van der Waals surface area (Å²) in [5.41, 5.74) is 0. The Hall–Kier alpha value is -1.26. The van der Waals surface area contributed by atoms with Crippen LogP contribution in [-0.4, -0.2) is 43.1 Å². The van der Waals surface area contributed by atoms with Gasteiger partial charge in [0.1, 0.15) is 12.6 Å². The number of carbonyl (C=O) groups is 2. The first kappa shape index (κ1) is 12.2. The van der Waals surface area contributed by atoms with E-state index in [1.807, 2.05) is 0 Å². The summed E-state index contributed by atoms with van der Waals surface area (Å²) in [5, 5.41) is 2.52. The molecule has 0 unspecified atom stereocenters. The van der Waals surface area contributed by atoms with Crippen LogP contribution in [0.15, 0.2) is 0 Å². The normalized spacial score (nSPS) is 25.2. The van der Waals surface area contributed by atoms with Crippen molar-refractivity contribution in [2.75, 3.05) is 20.2 Å². The number of cyclic esters (lactones) is 1. The zero-order chi connectivity index (χ0) is 12.3. The standard InChI is InChI=1S/C12H20N2O3/c1-14(7-9-5-3-2-4-6-9)11(15)10-8-17-12(16)13-10/h9-10H,2-8H2,1H3,(H,13,16)/t10-/m0/s1. The minimum Gasteiger partial charge on any atom is -0.447 e. The first-order valence-electron chi connectivity index (χ1n) is 6.35. The number of hydrogen-bond acceptors (Lipinski definition) is 3. The number of nitrogens with zero attached hydrogens (tertiary/aromatic N) is 1. The summed E-state index contributed by atoms with van der Waals surface area (Å²) in [7, 11) is 1.81. The fourth-order valence-corrected chi connectivity index (χ4v) is 2.63. The SMILES string of the molecule is CN(CC1CCCCC1)C(=O)[C@@H]1COC(=O)N1. The number of alkyl carbamates (subject to hydrolysis) is 1. The van der Waals surface area contributed by atoms with E-state index in [1.165, 1.54) is 32.1 Å². The van der Waals surface area contributed by atoms with E-state index >= 15 is 0 Å². The number of hydrogen-bond donors (Lipinski definition) is 1. The number of nitrogens with one attached hydrogen (secondary N) is 1. The smallest absolute Gasteiger partial charge is 0.407 e. The van der Waals surface area contributed by atoms with Crippen molar-refractivity contribution in [3.63, 3.8) is 0 Å². The molecule has 1 saturated heterocycles. The predicted octanol–water partition coefficient (Wildman–Crippen LogP) is 1.13. The zero-order valence-electron chi connectivity index (χ0n) is 10.3. The van der Waals surface area contributed by atoms with Gasteiger partial charge in [-0.3, -0.25) is 4.79 Å². The molecule has 1 atom stereocenters. The van der Waals surface area contributed by atoms with E-state index in [4.69, 9.17) is 4.74 Å². The highest BCUT2D eigenvalue weighted by molar-refractivity contribution is 5.87. The van der Waals surface area contributed by atoms with Crippen molar-refractivity contribution >= 4 is 12.0 Å². The molecule has 2 amide bonds. The van der Waals surface area contributed by atoms with Crippen molar-refractivity contribution in [2.45, 2.75) is 38.1 Å². The Kier molecular flexibility index (Phi) is 3.86. The number of rotatable bonds is 3. The van der Waals surface area contributed by atoms with Gasteiger partial charge < -0.3 is 15.0 Å². The Labute approximate surface area is 101 Å². The number of carbonyl (C=O) groups excluding carboxylic acids is 2. The maximum atomic E-state index is 12.0. The van der Waals surface area contributed by atoms with Crippen LogP contribution >= 0.6 is 0 Å². The number of likely N-dealkylation sites (N-methyl/N-ethyl adjacent to an activating group) is 1. The van der Waals surface area contributed by atoms with Crippen molar-refractivity contribution in [3.8, 4) is 0 Å². The van der Waals surface area contributed by atoms with Crippen molar-refractivity contribution in [3.05, 3.63) is 0 Å². The summed E-state index contributed by atoms with van der Waals surface area (Å²) < 4.78 is 4.73. The van der Waals surface area contributed by atoms with E-state index in [0.29, 0.717) is 5.92 Å². The quantitative estimate of drug-likeness (QED) is 0.804. The third-order valence-corrected chi connectivity index (χ3v) is 3.60. The van der Waals surface area contributed by atoms with Crippen molar-refractivity contribution in [1.29, 1.82) is 0 Å². The number of amides is 2. The van der Waals surface area contributed by atoms with Gasteiger partial charge in [-0.05, 0) is 18.8 Å². The first-order chi connectivity index (χ1) is 8.16. The molecule has 96 valence electrons.